The number of carbonyl (C=O) groups excluding carboxylic acids is 2. The van der Waals surface area contributed by atoms with Crippen LogP contribution in [0.3, 0.4) is 0 Å². The van der Waals surface area contributed by atoms with Crippen molar-refractivity contribution in [1.29, 1.82) is 0 Å². The van der Waals surface area contributed by atoms with Crippen molar-refractivity contribution in [3.8, 4) is 0 Å². The first-order valence-corrected chi connectivity index (χ1v) is 11.6. The molecule has 2 amide bonds. The second kappa shape index (κ2) is 12.3. The van der Waals surface area contributed by atoms with Gasteiger partial charge in [0, 0.05) is 52.0 Å². The highest BCUT2D eigenvalue weighted by Gasteiger charge is 2.42. The van der Waals surface area contributed by atoms with Gasteiger partial charge >= 0.3 is 0 Å². The molecule has 2 unspecified atom stereocenters. The molecular weight excluding hydrogens is 408 g/mol. The van der Waals surface area contributed by atoms with Crippen LogP contribution >= 0.6 is 0 Å². The van der Waals surface area contributed by atoms with Crippen molar-refractivity contribution in [2.45, 2.75) is 62.8 Å². The van der Waals surface area contributed by atoms with Crippen LogP contribution in [0.25, 0.3) is 0 Å². The van der Waals surface area contributed by atoms with Crippen molar-refractivity contribution in [3.63, 3.8) is 0 Å². The Labute approximate surface area is 191 Å². The second-order valence-electron chi connectivity index (χ2n) is 8.95. The summed E-state index contributed by atoms with van der Waals surface area (Å²) >= 11 is 0. The van der Waals surface area contributed by atoms with Gasteiger partial charge in [0.15, 0.2) is 0 Å². The first kappa shape index (κ1) is 24.6. The second-order valence-corrected chi connectivity index (χ2v) is 8.95. The molecule has 2 atom stereocenters. The van der Waals surface area contributed by atoms with Crippen molar-refractivity contribution < 1.29 is 19.1 Å². The van der Waals surface area contributed by atoms with Gasteiger partial charge in [-0.05, 0) is 37.7 Å². The molecule has 1 aliphatic heterocycles. The minimum Gasteiger partial charge on any atom is -0.383 e. The smallest absolute Gasteiger partial charge is 0.249 e. The number of amides is 2. The van der Waals surface area contributed by atoms with Crippen LogP contribution in [-0.2, 0) is 25.6 Å². The average Bonchev–Trinajstić information content (AvgIpc) is 3.25. The summed E-state index contributed by atoms with van der Waals surface area (Å²) in [6.07, 6.45) is 4.23. The van der Waals surface area contributed by atoms with Gasteiger partial charge in [0.05, 0.1) is 6.61 Å². The van der Waals surface area contributed by atoms with E-state index in [0.717, 1.165) is 38.8 Å². The fourth-order valence-corrected chi connectivity index (χ4v) is 4.79. The molecule has 178 valence electrons. The molecule has 2 aliphatic rings. The van der Waals surface area contributed by atoms with E-state index in [-0.39, 0.29) is 36.5 Å². The van der Waals surface area contributed by atoms with Gasteiger partial charge in [0.2, 0.25) is 11.8 Å². The van der Waals surface area contributed by atoms with E-state index in [9.17, 15) is 9.59 Å². The van der Waals surface area contributed by atoms with Crippen LogP contribution in [0.15, 0.2) is 30.3 Å². The molecule has 0 radical (unpaired) electrons. The number of benzene rings is 1. The Morgan fingerprint density at radius 1 is 1.12 bits per heavy atom. The summed E-state index contributed by atoms with van der Waals surface area (Å²) in [7, 11) is 3.20. The summed E-state index contributed by atoms with van der Waals surface area (Å²) in [4.78, 5) is 30.0. The van der Waals surface area contributed by atoms with Crippen molar-refractivity contribution in [2.75, 3.05) is 40.5 Å². The highest BCUT2D eigenvalue weighted by Crippen LogP contribution is 2.25. The van der Waals surface area contributed by atoms with Crippen molar-refractivity contribution in [1.82, 2.24) is 15.1 Å². The number of likely N-dealkylation sites (tertiary alicyclic amines) is 1. The number of rotatable bonds is 10. The topological polar surface area (TPSA) is 97.1 Å². The normalized spacial score (nSPS) is 25.8. The van der Waals surface area contributed by atoms with Crippen LogP contribution in [0.1, 0.15) is 37.7 Å². The fraction of sp³-hybridized carbons (Fsp3) is 0.667. The van der Waals surface area contributed by atoms with Gasteiger partial charge in [0.1, 0.15) is 12.6 Å². The molecule has 3 N–H and O–H groups in total. The van der Waals surface area contributed by atoms with E-state index in [4.69, 9.17) is 15.2 Å². The number of hydrogen-bond donors (Lipinski definition) is 2. The number of ether oxygens (including phenoxy) is 2. The zero-order valence-corrected chi connectivity index (χ0v) is 19.4. The monoisotopic (exact) mass is 446 g/mol. The minimum absolute atomic E-state index is 0.0223. The number of carbonyl (C=O) groups is 2. The van der Waals surface area contributed by atoms with E-state index in [1.54, 1.807) is 12.0 Å². The summed E-state index contributed by atoms with van der Waals surface area (Å²) in [5, 5.41) is 3.19. The summed E-state index contributed by atoms with van der Waals surface area (Å²) in [5.41, 5.74) is 7.20. The van der Waals surface area contributed by atoms with E-state index >= 15 is 0 Å². The van der Waals surface area contributed by atoms with Crippen molar-refractivity contribution in [2.24, 2.45) is 5.73 Å². The van der Waals surface area contributed by atoms with Crippen LogP contribution in [0.2, 0.25) is 0 Å². The number of methoxy groups -OCH3 is 2. The zero-order chi connectivity index (χ0) is 22.9. The lowest BCUT2D eigenvalue weighted by atomic mass is 9.91. The van der Waals surface area contributed by atoms with Gasteiger partial charge in [-0.25, -0.2) is 0 Å². The molecule has 1 saturated carbocycles. The molecule has 0 spiro atoms. The summed E-state index contributed by atoms with van der Waals surface area (Å²) in [5.74, 6) is -0.212. The first-order chi connectivity index (χ1) is 15.5. The molecule has 1 heterocycles. The lowest BCUT2D eigenvalue weighted by Gasteiger charge is -2.30. The van der Waals surface area contributed by atoms with Crippen LogP contribution in [0, 0.1) is 0 Å². The van der Waals surface area contributed by atoms with Crippen LogP contribution < -0.4 is 11.1 Å². The molecule has 0 bridgehead atoms. The van der Waals surface area contributed by atoms with E-state index in [2.05, 4.69) is 22.3 Å². The van der Waals surface area contributed by atoms with Crippen molar-refractivity contribution in [3.05, 3.63) is 35.9 Å². The van der Waals surface area contributed by atoms with Gasteiger partial charge in [-0.1, -0.05) is 30.3 Å². The molecule has 1 aromatic carbocycles. The Hall–Kier alpha value is -2.00. The van der Waals surface area contributed by atoms with Gasteiger partial charge < -0.3 is 25.4 Å². The fourth-order valence-electron chi connectivity index (χ4n) is 4.79. The van der Waals surface area contributed by atoms with Crippen LogP contribution in [0.5, 0.6) is 0 Å². The molecule has 32 heavy (non-hydrogen) atoms. The third-order valence-corrected chi connectivity index (χ3v) is 6.62. The maximum Gasteiger partial charge on any atom is 0.249 e. The van der Waals surface area contributed by atoms with E-state index in [0.29, 0.717) is 19.6 Å². The SMILES string of the molecule is COCCN(Cc1ccccc1)C1CC(C(=O)NC2CCC(N)CC2)N(C(=O)COC)C1. The first-order valence-electron chi connectivity index (χ1n) is 11.6. The highest BCUT2D eigenvalue weighted by molar-refractivity contribution is 5.89. The van der Waals surface area contributed by atoms with Crippen LogP contribution in [-0.4, -0.2) is 86.3 Å². The summed E-state index contributed by atoms with van der Waals surface area (Å²) in [6, 6.07) is 10.2. The molecule has 8 nitrogen and oxygen atoms in total. The number of nitrogens with one attached hydrogen (secondary N) is 1. The lowest BCUT2D eigenvalue weighted by molar-refractivity contribution is -0.141. The molecule has 8 heteroatoms. The number of nitrogens with zero attached hydrogens (tertiary/aromatic N) is 2. The Bertz CT molecular complexity index is 724. The predicted octanol–water partition coefficient (Wildman–Crippen LogP) is 1.14. The molecular formula is C24H38N4O4. The van der Waals surface area contributed by atoms with Gasteiger partial charge in [0.25, 0.3) is 0 Å². The molecule has 2 fully saturated rings. The lowest BCUT2D eigenvalue weighted by Crippen LogP contribution is -2.50. The maximum absolute atomic E-state index is 13.2. The zero-order valence-electron chi connectivity index (χ0n) is 19.4. The molecule has 0 aromatic heterocycles. The van der Waals surface area contributed by atoms with Crippen molar-refractivity contribution >= 4 is 11.8 Å². The highest BCUT2D eigenvalue weighted by atomic mass is 16.5. The molecule has 3 rings (SSSR count). The van der Waals surface area contributed by atoms with Gasteiger partial charge in [-0.2, -0.15) is 0 Å². The Balaban J connectivity index is 1.71. The van der Waals surface area contributed by atoms with E-state index < -0.39 is 6.04 Å². The van der Waals surface area contributed by atoms with Crippen LogP contribution in [0.4, 0.5) is 0 Å². The van der Waals surface area contributed by atoms with Gasteiger partial charge in [-0.15, -0.1) is 0 Å². The van der Waals surface area contributed by atoms with E-state index in [1.807, 2.05) is 18.2 Å². The maximum atomic E-state index is 13.2. The Morgan fingerprint density at radius 3 is 2.50 bits per heavy atom. The largest absolute Gasteiger partial charge is 0.383 e. The minimum atomic E-state index is -0.487. The Morgan fingerprint density at radius 2 is 1.84 bits per heavy atom. The van der Waals surface area contributed by atoms with E-state index in [1.165, 1.54) is 12.7 Å². The standard InChI is InChI=1S/C24H38N4O4/c1-31-13-12-27(15-18-6-4-3-5-7-18)21-14-22(28(16-21)23(29)17-32-2)24(30)26-20-10-8-19(25)9-11-20/h3-7,19-22H,8-17,25H2,1-2H3,(H,26,30). The quantitative estimate of drug-likeness (QED) is 0.559. The summed E-state index contributed by atoms with van der Waals surface area (Å²) in [6.45, 7) is 2.56. The molecule has 1 saturated heterocycles. The third kappa shape index (κ3) is 6.75. The molecule has 1 aliphatic carbocycles. The molecule has 1 aromatic rings. The average molecular weight is 447 g/mol. The summed E-state index contributed by atoms with van der Waals surface area (Å²) < 4.78 is 10.4. The number of nitrogens with two attached hydrogens (primary N) is 1. The van der Waals surface area contributed by atoms with Gasteiger partial charge in [-0.3, -0.25) is 14.5 Å². The Kier molecular flexibility index (Phi) is 9.47. The third-order valence-electron chi connectivity index (χ3n) is 6.62. The number of hydrogen-bond acceptors (Lipinski definition) is 6. The predicted molar refractivity (Wildman–Crippen MR) is 123 cm³/mol.